The van der Waals surface area contributed by atoms with Gasteiger partial charge in [-0.1, -0.05) is 31.2 Å². The Kier molecular flexibility index (Phi) is 3.95. The van der Waals surface area contributed by atoms with Crippen LogP contribution in [-0.4, -0.2) is 4.57 Å². The van der Waals surface area contributed by atoms with E-state index in [1.807, 2.05) is 4.57 Å². The molecule has 1 atom stereocenters. The zero-order valence-electron chi connectivity index (χ0n) is 10.5. The average molecular weight is 242 g/mol. The van der Waals surface area contributed by atoms with E-state index >= 15 is 0 Å². The summed E-state index contributed by atoms with van der Waals surface area (Å²) >= 11 is 0. The summed E-state index contributed by atoms with van der Waals surface area (Å²) in [6.07, 6.45) is 4.57. The van der Waals surface area contributed by atoms with Gasteiger partial charge in [0, 0.05) is 37.1 Å². The topological polar surface area (TPSA) is 48.0 Å². The first-order valence-corrected chi connectivity index (χ1v) is 6.19. The van der Waals surface area contributed by atoms with Crippen molar-refractivity contribution in [1.29, 1.82) is 0 Å². The lowest BCUT2D eigenvalue weighted by molar-refractivity contribution is 0.573. The van der Waals surface area contributed by atoms with Crippen molar-refractivity contribution in [2.45, 2.75) is 25.9 Å². The second-order valence-electron chi connectivity index (χ2n) is 4.43. The van der Waals surface area contributed by atoms with Crippen molar-refractivity contribution in [3.63, 3.8) is 0 Å². The fourth-order valence-corrected chi connectivity index (χ4v) is 1.90. The van der Waals surface area contributed by atoms with E-state index in [0.717, 1.165) is 12.0 Å². The standard InChI is InChI=1S/C15H18N2O/c1-2-12-3-5-13(6-4-12)15(16)11-17-9-7-14(18)8-10-17/h3-10,15H,2,11,16H2,1H3. The maximum atomic E-state index is 11.0. The number of aromatic nitrogens is 1. The molecule has 2 rings (SSSR count). The number of hydrogen-bond acceptors (Lipinski definition) is 2. The Bertz CT molecular complexity index is 537. The summed E-state index contributed by atoms with van der Waals surface area (Å²) in [6, 6.07) is 11.4. The molecule has 94 valence electrons. The van der Waals surface area contributed by atoms with E-state index in [4.69, 9.17) is 5.73 Å². The van der Waals surface area contributed by atoms with Crippen molar-refractivity contribution in [3.05, 3.63) is 70.1 Å². The van der Waals surface area contributed by atoms with Crippen LogP contribution >= 0.6 is 0 Å². The van der Waals surface area contributed by atoms with Gasteiger partial charge < -0.3 is 10.3 Å². The molecule has 3 nitrogen and oxygen atoms in total. The van der Waals surface area contributed by atoms with Gasteiger partial charge in [0.2, 0.25) is 0 Å². The van der Waals surface area contributed by atoms with Crippen LogP contribution in [0.2, 0.25) is 0 Å². The van der Waals surface area contributed by atoms with Crippen LogP contribution < -0.4 is 11.2 Å². The molecule has 0 amide bonds. The number of aryl methyl sites for hydroxylation is 1. The maximum Gasteiger partial charge on any atom is 0.181 e. The molecule has 1 aromatic heterocycles. The highest BCUT2D eigenvalue weighted by Gasteiger charge is 2.05. The fourth-order valence-electron chi connectivity index (χ4n) is 1.90. The minimum Gasteiger partial charge on any atom is -0.352 e. The van der Waals surface area contributed by atoms with E-state index in [2.05, 4.69) is 31.2 Å². The molecule has 2 aromatic rings. The van der Waals surface area contributed by atoms with E-state index in [1.54, 1.807) is 24.5 Å². The summed E-state index contributed by atoms with van der Waals surface area (Å²) in [7, 11) is 0. The third-order valence-electron chi connectivity index (χ3n) is 3.08. The van der Waals surface area contributed by atoms with Gasteiger partial charge >= 0.3 is 0 Å². The first-order valence-electron chi connectivity index (χ1n) is 6.19. The van der Waals surface area contributed by atoms with E-state index in [9.17, 15) is 4.79 Å². The Balaban J connectivity index is 2.08. The normalized spacial score (nSPS) is 12.3. The first-order chi connectivity index (χ1) is 8.69. The van der Waals surface area contributed by atoms with Gasteiger partial charge in [-0.05, 0) is 17.5 Å². The molecule has 0 aliphatic carbocycles. The van der Waals surface area contributed by atoms with Crippen molar-refractivity contribution in [1.82, 2.24) is 4.57 Å². The molecule has 18 heavy (non-hydrogen) atoms. The highest BCUT2D eigenvalue weighted by atomic mass is 16.1. The molecule has 0 spiro atoms. The van der Waals surface area contributed by atoms with Gasteiger partial charge in [-0.2, -0.15) is 0 Å². The minimum atomic E-state index is -0.0570. The van der Waals surface area contributed by atoms with Gasteiger partial charge in [0.05, 0.1) is 0 Å². The Hall–Kier alpha value is -1.87. The lowest BCUT2D eigenvalue weighted by Gasteiger charge is -2.14. The lowest BCUT2D eigenvalue weighted by atomic mass is 10.0. The molecule has 0 saturated carbocycles. The largest absolute Gasteiger partial charge is 0.352 e. The Labute approximate surface area is 107 Å². The van der Waals surface area contributed by atoms with Crippen molar-refractivity contribution in [2.24, 2.45) is 5.73 Å². The first kappa shape index (κ1) is 12.6. The summed E-state index contributed by atoms with van der Waals surface area (Å²) in [5.74, 6) is 0. The molecule has 2 N–H and O–H groups in total. The molecule has 0 bridgehead atoms. The Morgan fingerprint density at radius 2 is 1.72 bits per heavy atom. The van der Waals surface area contributed by atoms with Crippen molar-refractivity contribution < 1.29 is 0 Å². The van der Waals surface area contributed by atoms with Crippen LogP contribution in [0.4, 0.5) is 0 Å². The molecule has 0 fully saturated rings. The van der Waals surface area contributed by atoms with E-state index in [1.165, 1.54) is 5.56 Å². The Morgan fingerprint density at radius 1 is 1.11 bits per heavy atom. The van der Waals surface area contributed by atoms with Gasteiger partial charge in [-0.25, -0.2) is 0 Å². The van der Waals surface area contributed by atoms with Crippen LogP contribution in [0, 0.1) is 0 Å². The SMILES string of the molecule is CCc1ccc(C(N)Cn2ccc(=O)cc2)cc1. The van der Waals surface area contributed by atoms with E-state index < -0.39 is 0 Å². The second kappa shape index (κ2) is 5.65. The third-order valence-corrected chi connectivity index (χ3v) is 3.08. The zero-order valence-corrected chi connectivity index (χ0v) is 10.5. The average Bonchev–Trinajstić information content (AvgIpc) is 2.41. The molecular weight excluding hydrogens is 224 g/mol. The summed E-state index contributed by atoms with van der Waals surface area (Å²) in [4.78, 5) is 11.0. The molecule has 1 unspecified atom stereocenters. The Morgan fingerprint density at radius 3 is 2.28 bits per heavy atom. The predicted octanol–water partition coefficient (Wildman–Crippen LogP) is 2.11. The number of benzene rings is 1. The van der Waals surface area contributed by atoms with Crippen molar-refractivity contribution in [3.8, 4) is 0 Å². The minimum absolute atomic E-state index is 0.0205. The summed E-state index contributed by atoms with van der Waals surface area (Å²) < 4.78 is 1.93. The molecule has 0 saturated heterocycles. The molecule has 0 aliphatic rings. The van der Waals surface area contributed by atoms with E-state index in [-0.39, 0.29) is 11.5 Å². The zero-order chi connectivity index (χ0) is 13.0. The van der Waals surface area contributed by atoms with Gasteiger partial charge in [0.15, 0.2) is 5.43 Å². The molecule has 0 aliphatic heterocycles. The number of hydrogen-bond donors (Lipinski definition) is 1. The van der Waals surface area contributed by atoms with Crippen LogP contribution in [0.3, 0.4) is 0 Å². The molecule has 1 aromatic carbocycles. The van der Waals surface area contributed by atoms with Crippen molar-refractivity contribution >= 4 is 0 Å². The number of nitrogens with two attached hydrogens (primary N) is 1. The van der Waals surface area contributed by atoms with Gasteiger partial charge in [-0.15, -0.1) is 0 Å². The van der Waals surface area contributed by atoms with Gasteiger partial charge in [0.1, 0.15) is 0 Å². The molecule has 3 heteroatoms. The number of pyridine rings is 1. The third kappa shape index (κ3) is 3.08. The van der Waals surface area contributed by atoms with E-state index in [0.29, 0.717) is 6.54 Å². The molecule has 1 heterocycles. The number of rotatable bonds is 4. The highest BCUT2D eigenvalue weighted by Crippen LogP contribution is 2.13. The monoisotopic (exact) mass is 242 g/mol. The van der Waals surface area contributed by atoms with Crippen LogP contribution in [0.5, 0.6) is 0 Å². The van der Waals surface area contributed by atoms with Gasteiger partial charge in [-0.3, -0.25) is 4.79 Å². The summed E-state index contributed by atoms with van der Waals surface area (Å²) in [6.45, 7) is 2.81. The quantitative estimate of drug-likeness (QED) is 0.892. The smallest absolute Gasteiger partial charge is 0.181 e. The molecular formula is C15H18N2O. The van der Waals surface area contributed by atoms with Crippen LogP contribution in [-0.2, 0) is 13.0 Å². The van der Waals surface area contributed by atoms with Crippen molar-refractivity contribution in [2.75, 3.05) is 0 Å². The van der Waals surface area contributed by atoms with Crippen LogP contribution in [0.25, 0.3) is 0 Å². The lowest BCUT2D eigenvalue weighted by Crippen LogP contribution is -2.18. The number of nitrogens with zero attached hydrogens (tertiary/aromatic N) is 1. The predicted molar refractivity (Wildman–Crippen MR) is 73.5 cm³/mol. The fraction of sp³-hybridized carbons (Fsp3) is 0.267. The summed E-state index contributed by atoms with van der Waals surface area (Å²) in [5.41, 5.74) is 8.61. The van der Waals surface area contributed by atoms with Crippen LogP contribution in [0.1, 0.15) is 24.1 Å². The maximum absolute atomic E-state index is 11.0. The molecule has 0 radical (unpaired) electrons. The highest BCUT2D eigenvalue weighted by molar-refractivity contribution is 5.24. The van der Waals surface area contributed by atoms with Gasteiger partial charge in [0.25, 0.3) is 0 Å². The van der Waals surface area contributed by atoms with Crippen LogP contribution in [0.15, 0.2) is 53.6 Å². The second-order valence-corrected chi connectivity index (χ2v) is 4.43. The summed E-state index contributed by atoms with van der Waals surface area (Å²) in [5, 5.41) is 0.